The predicted molar refractivity (Wildman–Crippen MR) is 114 cm³/mol. The Morgan fingerprint density at radius 2 is 1.74 bits per heavy atom. The van der Waals surface area contributed by atoms with Gasteiger partial charge in [0.2, 0.25) is 0 Å². The molecule has 3 heterocycles. The molecule has 12 heteroatoms. The summed E-state index contributed by atoms with van der Waals surface area (Å²) in [6, 6.07) is 8.19. The minimum Gasteiger partial charge on any atom is -0.406 e. The second kappa shape index (κ2) is 9.26. The number of alkyl halides is 3. The summed E-state index contributed by atoms with van der Waals surface area (Å²) >= 11 is 0. The predicted octanol–water partition coefficient (Wildman–Crippen LogP) is 2.99. The minimum atomic E-state index is -4.71. The van der Waals surface area contributed by atoms with Crippen LogP contribution in [0.3, 0.4) is 0 Å². The number of allylic oxidation sites excluding steroid dienone is 1. The molecular weight excluding hydrogens is 475 g/mol. The first-order chi connectivity index (χ1) is 16.0. The van der Waals surface area contributed by atoms with Crippen LogP contribution in [0.25, 0.3) is 0 Å². The van der Waals surface area contributed by atoms with Gasteiger partial charge in [0.1, 0.15) is 5.75 Å². The topological polar surface area (TPSA) is 100 Å². The van der Waals surface area contributed by atoms with Crippen LogP contribution in [0.1, 0.15) is 15.9 Å². The van der Waals surface area contributed by atoms with E-state index in [1.165, 1.54) is 18.2 Å². The fraction of sp³-hybridized carbons (Fsp3) is 0.364. The Morgan fingerprint density at radius 3 is 2.26 bits per heavy atom. The monoisotopic (exact) mass is 497 g/mol. The van der Waals surface area contributed by atoms with Crippen molar-refractivity contribution in [2.24, 2.45) is 11.8 Å². The van der Waals surface area contributed by atoms with Crippen molar-refractivity contribution in [3.05, 3.63) is 66.0 Å². The number of halogens is 3. The largest absolute Gasteiger partial charge is 0.573 e. The molecular formula is C22H22F3N3O5S. The summed E-state index contributed by atoms with van der Waals surface area (Å²) in [6.45, 7) is 2.72. The molecule has 0 radical (unpaired) electrons. The van der Waals surface area contributed by atoms with Gasteiger partial charge in [0, 0.05) is 44.2 Å². The SMILES string of the molecule is O=C(c1ccc(S(=O)(=O)O)nc1)N1C[C@H]2CN(C=CCc3ccc(OC(F)(F)F)cc3)C[C@@H]2C1. The van der Waals surface area contributed by atoms with Crippen molar-refractivity contribution < 1.29 is 35.7 Å². The number of carbonyl (C=O) groups excluding carboxylic acids is 1. The van der Waals surface area contributed by atoms with E-state index in [9.17, 15) is 26.4 Å². The summed E-state index contributed by atoms with van der Waals surface area (Å²) < 4.78 is 71.7. The van der Waals surface area contributed by atoms with E-state index in [1.54, 1.807) is 17.0 Å². The normalized spacial score (nSPS) is 20.7. The molecule has 4 rings (SSSR count). The van der Waals surface area contributed by atoms with Gasteiger partial charge in [0.15, 0.2) is 5.03 Å². The molecule has 0 bridgehead atoms. The molecule has 0 unspecified atom stereocenters. The molecule has 8 nitrogen and oxygen atoms in total. The van der Waals surface area contributed by atoms with Gasteiger partial charge in [0.05, 0.1) is 5.56 Å². The number of hydrogen-bond donors (Lipinski definition) is 1. The molecule has 2 aromatic rings. The number of amides is 1. The molecule has 1 amide bonds. The molecule has 2 saturated heterocycles. The number of hydrogen-bond acceptors (Lipinski definition) is 6. The molecule has 2 aliphatic rings. The number of carbonyl (C=O) groups is 1. The number of pyridine rings is 1. The maximum atomic E-state index is 12.7. The Balaban J connectivity index is 1.26. The van der Waals surface area contributed by atoms with Gasteiger partial charge < -0.3 is 14.5 Å². The van der Waals surface area contributed by atoms with Gasteiger partial charge in [-0.1, -0.05) is 18.2 Å². The van der Waals surface area contributed by atoms with Gasteiger partial charge in [-0.2, -0.15) is 8.42 Å². The van der Waals surface area contributed by atoms with E-state index in [2.05, 4.69) is 14.6 Å². The molecule has 0 aliphatic carbocycles. The number of likely N-dealkylation sites (tertiary alicyclic amines) is 2. The number of rotatable bonds is 6. The maximum absolute atomic E-state index is 12.7. The molecule has 2 atom stereocenters. The van der Waals surface area contributed by atoms with E-state index in [-0.39, 0.29) is 17.2 Å². The third-order valence-electron chi connectivity index (χ3n) is 5.88. The standard InChI is InChI=1S/C22H22F3N3O5S/c23-22(24,25)33-19-6-3-15(4-7-19)2-1-9-27-11-17-13-28(14-18(17)12-27)21(29)16-5-8-20(26-10-16)34(30,31)32/h1,3-10,17-18H,2,11-14H2,(H,30,31,32)/t17-,18-/m1/s1. The number of nitrogens with zero attached hydrogens (tertiary/aromatic N) is 3. The zero-order chi connectivity index (χ0) is 24.5. The molecule has 34 heavy (non-hydrogen) atoms. The highest BCUT2D eigenvalue weighted by Crippen LogP contribution is 2.32. The van der Waals surface area contributed by atoms with Gasteiger partial charge in [-0.15, -0.1) is 13.2 Å². The zero-order valence-corrected chi connectivity index (χ0v) is 18.7. The highest BCUT2D eigenvalue weighted by Gasteiger charge is 2.41. The van der Waals surface area contributed by atoms with Crippen LogP contribution in [0.15, 0.2) is 59.9 Å². The van der Waals surface area contributed by atoms with E-state index in [0.29, 0.717) is 31.3 Å². The number of benzene rings is 1. The smallest absolute Gasteiger partial charge is 0.406 e. The Kier molecular flexibility index (Phi) is 6.54. The second-order valence-electron chi connectivity index (χ2n) is 8.33. The molecule has 0 saturated carbocycles. The first-order valence-electron chi connectivity index (χ1n) is 10.5. The third kappa shape index (κ3) is 5.86. The highest BCUT2D eigenvalue weighted by molar-refractivity contribution is 7.85. The summed E-state index contributed by atoms with van der Waals surface area (Å²) in [7, 11) is -4.41. The Morgan fingerprint density at radius 1 is 1.09 bits per heavy atom. The van der Waals surface area contributed by atoms with E-state index in [4.69, 9.17) is 4.55 Å². The minimum absolute atomic E-state index is 0.233. The highest BCUT2D eigenvalue weighted by atomic mass is 32.2. The molecule has 1 aromatic heterocycles. The number of ether oxygens (including phenoxy) is 1. The van der Waals surface area contributed by atoms with Crippen LogP contribution in [0.5, 0.6) is 5.75 Å². The summed E-state index contributed by atoms with van der Waals surface area (Å²) in [5.41, 5.74) is 1.12. The first-order valence-corrected chi connectivity index (χ1v) is 11.9. The van der Waals surface area contributed by atoms with Crippen molar-refractivity contribution >= 4 is 16.0 Å². The van der Waals surface area contributed by atoms with Crippen molar-refractivity contribution in [1.82, 2.24) is 14.8 Å². The Labute approximate surface area is 194 Å². The van der Waals surface area contributed by atoms with Crippen LogP contribution in [-0.2, 0) is 16.5 Å². The van der Waals surface area contributed by atoms with Gasteiger partial charge in [-0.3, -0.25) is 9.35 Å². The molecule has 2 aliphatic heterocycles. The molecule has 2 fully saturated rings. The lowest BCUT2D eigenvalue weighted by molar-refractivity contribution is -0.274. The van der Waals surface area contributed by atoms with Crippen LogP contribution in [0.2, 0.25) is 0 Å². The van der Waals surface area contributed by atoms with Crippen molar-refractivity contribution in [3.8, 4) is 5.75 Å². The van der Waals surface area contributed by atoms with Gasteiger partial charge in [-0.05, 0) is 42.4 Å². The van der Waals surface area contributed by atoms with Crippen molar-refractivity contribution in [2.75, 3.05) is 26.2 Å². The van der Waals surface area contributed by atoms with Crippen LogP contribution >= 0.6 is 0 Å². The maximum Gasteiger partial charge on any atom is 0.573 e. The molecule has 0 spiro atoms. The lowest BCUT2D eigenvalue weighted by atomic mass is 10.0. The van der Waals surface area contributed by atoms with Crippen LogP contribution in [-0.4, -0.2) is 66.2 Å². The van der Waals surface area contributed by atoms with E-state index in [0.717, 1.165) is 30.9 Å². The number of aromatic nitrogens is 1. The number of fused-ring (bicyclic) bond motifs is 1. The lowest BCUT2D eigenvalue weighted by Gasteiger charge is -2.20. The van der Waals surface area contributed by atoms with Gasteiger partial charge in [-0.25, -0.2) is 4.98 Å². The molecule has 182 valence electrons. The van der Waals surface area contributed by atoms with Crippen molar-refractivity contribution in [2.45, 2.75) is 17.8 Å². The fourth-order valence-corrected chi connectivity index (χ4v) is 4.75. The van der Waals surface area contributed by atoms with E-state index in [1.807, 2.05) is 12.3 Å². The average molecular weight is 497 g/mol. The zero-order valence-electron chi connectivity index (χ0n) is 17.9. The summed E-state index contributed by atoms with van der Waals surface area (Å²) in [4.78, 5) is 20.3. The van der Waals surface area contributed by atoms with E-state index < -0.39 is 21.5 Å². The van der Waals surface area contributed by atoms with Crippen LogP contribution in [0, 0.1) is 11.8 Å². The fourth-order valence-electron chi connectivity index (χ4n) is 4.32. The molecule has 1 aromatic carbocycles. The van der Waals surface area contributed by atoms with Crippen LogP contribution < -0.4 is 4.74 Å². The van der Waals surface area contributed by atoms with Crippen molar-refractivity contribution in [1.29, 1.82) is 0 Å². The second-order valence-corrected chi connectivity index (χ2v) is 9.69. The average Bonchev–Trinajstić information content (AvgIpc) is 3.32. The van der Waals surface area contributed by atoms with Crippen molar-refractivity contribution in [3.63, 3.8) is 0 Å². The first kappa shape index (κ1) is 24.0. The lowest BCUT2D eigenvalue weighted by Crippen LogP contribution is -2.32. The Bertz CT molecular complexity index is 1150. The third-order valence-corrected chi connectivity index (χ3v) is 6.65. The summed E-state index contributed by atoms with van der Waals surface area (Å²) in [5.74, 6) is 0.121. The van der Waals surface area contributed by atoms with Gasteiger partial charge >= 0.3 is 16.5 Å². The summed E-state index contributed by atoms with van der Waals surface area (Å²) in [5, 5.41) is -0.504. The van der Waals surface area contributed by atoms with Gasteiger partial charge in [0.25, 0.3) is 5.91 Å². The quantitative estimate of drug-likeness (QED) is 0.613. The molecule has 1 N–H and O–H groups in total. The summed E-state index contributed by atoms with van der Waals surface area (Å²) in [6.07, 6.45) is 0.931. The Hall–Kier alpha value is -3.12. The van der Waals surface area contributed by atoms with E-state index >= 15 is 0 Å². The van der Waals surface area contributed by atoms with Crippen LogP contribution in [0.4, 0.5) is 13.2 Å².